The second kappa shape index (κ2) is 6.83. The van der Waals surface area contributed by atoms with Gasteiger partial charge in [-0.15, -0.1) is 0 Å². The molecule has 0 radical (unpaired) electrons. The van der Waals surface area contributed by atoms with Crippen molar-refractivity contribution in [2.24, 2.45) is 0 Å². The highest BCUT2D eigenvalue weighted by molar-refractivity contribution is 5.98. The van der Waals surface area contributed by atoms with E-state index in [0.717, 1.165) is 22.1 Å². The molecule has 0 saturated heterocycles. The number of benzene rings is 3. The summed E-state index contributed by atoms with van der Waals surface area (Å²) < 4.78 is 5.91. The van der Waals surface area contributed by atoms with Crippen LogP contribution in [0, 0.1) is 0 Å². The van der Waals surface area contributed by atoms with Crippen LogP contribution in [0.4, 0.5) is 0 Å². The van der Waals surface area contributed by atoms with Gasteiger partial charge in [-0.05, 0) is 29.8 Å². The van der Waals surface area contributed by atoms with Crippen molar-refractivity contribution in [1.82, 2.24) is 0 Å². The highest BCUT2D eigenvalue weighted by atomic mass is 35.5. The molecule has 1 aromatic heterocycles. The molecule has 4 heteroatoms. The predicted molar refractivity (Wildman–Crippen MR) is 94.8 cm³/mol. The van der Waals surface area contributed by atoms with Crippen molar-refractivity contribution >= 4 is 11.0 Å². The van der Waals surface area contributed by atoms with E-state index >= 15 is 0 Å². The maximum absolute atomic E-state index is 10.3. The molecule has 3 nitrogen and oxygen atoms in total. The molecule has 0 fully saturated rings. The molecule has 4 rings (SSSR count). The first-order valence-electron chi connectivity index (χ1n) is 7.66. The first kappa shape index (κ1) is 16.8. The lowest BCUT2D eigenvalue weighted by Gasteiger charge is -2.05. The summed E-state index contributed by atoms with van der Waals surface area (Å²) in [6.07, 6.45) is 0. The molecular formula is C21H15ClO3. The lowest BCUT2D eigenvalue weighted by Crippen LogP contribution is -3.00. The van der Waals surface area contributed by atoms with Crippen LogP contribution in [0.3, 0.4) is 0 Å². The fraction of sp³-hybridized carbons (Fsp3) is 0. The first-order valence-corrected chi connectivity index (χ1v) is 7.66. The van der Waals surface area contributed by atoms with E-state index < -0.39 is 0 Å². The van der Waals surface area contributed by atoms with E-state index in [1.165, 1.54) is 6.07 Å². The topological polar surface area (TPSA) is 51.8 Å². The Morgan fingerprint density at radius 3 is 1.92 bits per heavy atom. The van der Waals surface area contributed by atoms with E-state index in [1.54, 1.807) is 6.07 Å². The molecule has 0 amide bonds. The Labute approximate surface area is 151 Å². The number of hydrogen-bond donors (Lipinski definition) is 2. The Hall–Kier alpha value is -3.04. The summed E-state index contributed by atoms with van der Waals surface area (Å²) in [5, 5.41) is 20.8. The normalized spacial score (nSPS) is 10.4. The molecule has 3 aromatic carbocycles. The van der Waals surface area contributed by atoms with E-state index in [1.807, 2.05) is 66.7 Å². The molecule has 124 valence electrons. The zero-order chi connectivity index (χ0) is 16.5. The van der Waals surface area contributed by atoms with E-state index in [-0.39, 0.29) is 29.5 Å². The Bertz CT molecular complexity index is 1020. The van der Waals surface area contributed by atoms with Crippen LogP contribution in [0.1, 0.15) is 0 Å². The third-order valence-corrected chi connectivity index (χ3v) is 4.03. The van der Waals surface area contributed by atoms with Gasteiger partial charge in [0.25, 0.3) is 5.75 Å². The number of halogens is 1. The molecule has 0 aliphatic heterocycles. The van der Waals surface area contributed by atoms with E-state index in [4.69, 9.17) is 4.42 Å². The van der Waals surface area contributed by atoms with Gasteiger partial charge in [0, 0.05) is 5.56 Å². The molecule has 1 heterocycles. The quantitative estimate of drug-likeness (QED) is 0.431. The van der Waals surface area contributed by atoms with Crippen molar-refractivity contribution in [3.63, 3.8) is 0 Å². The third-order valence-electron chi connectivity index (χ3n) is 4.03. The van der Waals surface area contributed by atoms with Gasteiger partial charge in [-0.1, -0.05) is 48.5 Å². The van der Waals surface area contributed by atoms with Crippen LogP contribution in [-0.4, -0.2) is 10.2 Å². The number of phenolic OH excluding ortho intramolecular Hbond substituents is 2. The molecule has 25 heavy (non-hydrogen) atoms. The molecule has 0 bridgehead atoms. The molecule has 0 aliphatic carbocycles. The van der Waals surface area contributed by atoms with Gasteiger partial charge < -0.3 is 22.6 Å². The average molecular weight is 351 g/mol. The van der Waals surface area contributed by atoms with Crippen molar-refractivity contribution in [1.29, 1.82) is 0 Å². The molecular weight excluding hydrogens is 336 g/mol. The summed E-state index contributed by atoms with van der Waals surface area (Å²) in [6.45, 7) is 0. The van der Waals surface area contributed by atoms with Gasteiger partial charge in [-0.3, -0.25) is 0 Å². The Morgan fingerprint density at radius 2 is 1.28 bits per heavy atom. The van der Waals surface area contributed by atoms with Gasteiger partial charge in [0.05, 0.1) is 17.0 Å². The standard InChI is InChI=1S/C21H14O3.ClH/c22-18-12-11-16-17(14-7-3-1-4-8-14)13-19(24-21(16)20(18)23)15-9-5-2-6-10-15;/h1-13H,(H-,22,23);1H. The van der Waals surface area contributed by atoms with Gasteiger partial charge in [0.1, 0.15) is 0 Å². The summed E-state index contributed by atoms with van der Waals surface area (Å²) in [6, 6.07) is 24.8. The number of aromatic hydroxyl groups is 2. The fourth-order valence-corrected chi connectivity index (χ4v) is 2.83. The van der Waals surface area contributed by atoms with Crippen LogP contribution in [-0.2, 0) is 0 Å². The minimum absolute atomic E-state index is 0. The van der Waals surface area contributed by atoms with Crippen molar-refractivity contribution in [2.45, 2.75) is 0 Å². The smallest absolute Gasteiger partial charge is 0.406 e. The minimum atomic E-state index is -0.248. The Balaban J connectivity index is 0.00000182. The lowest BCUT2D eigenvalue weighted by atomic mass is 9.99. The van der Waals surface area contributed by atoms with E-state index in [9.17, 15) is 10.2 Å². The summed E-state index contributed by atoms with van der Waals surface area (Å²) in [7, 11) is 0. The first-order chi connectivity index (χ1) is 11.7. The predicted octanol–water partition coefficient (Wildman–Crippen LogP) is 2.46. The fourth-order valence-electron chi connectivity index (χ4n) is 2.83. The van der Waals surface area contributed by atoms with Crippen LogP contribution in [0.25, 0.3) is 33.4 Å². The van der Waals surface area contributed by atoms with Crippen LogP contribution >= 0.6 is 0 Å². The number of hydrogen-bond acceptors (Lipinski definition) is 2. The molecule has 0 atom stereocenters. The van der Waals surface area contributed by atoms with Gasteiger partial charge in [0.15, 0.2) is 5.75 Å². The minimum Gasteiger partial charge on any atom is -1.00 e. The van der Waals surface area contributed by atoms with Crippen molar-refractivity contribution in [3.8, 4) is 33.9 Å². The second-order valence-corrected chi connectivity index (χ2v) is 5.57. The second-order valence-electron chi connectivity index (χ2n) is 5.57. The molecule has 0 aliphatic rings. The summed E-state index contributed by atoms with van der Waals surface area (Å²) in [4.78, 5) is 0. The van der Waals surface area contributed by atoms with Crippen molar-refractivity contribution < 1.29 is 27.0 Å². The number of fused-ring (bicyclic) bond motifs is 1. The van der Waals surface area contributed by atoms with Gasteiger partial charge in [-0.2, -0.15) is 0 Å². The Kier molecular flexibility index (Phi) is 4.59. The number of rotatable bonds is 2. The molecule has 0 saturated carbocycles. The maximum atomic E-state index is 10.3. The summed E-state index contributed by atoms with van der Waals surface area (Å²) in [5.41, 5.74) is 3.13. The monoisotopic (exact) mass is 350 g/mol. The van der Waals surface area contributed by atoms with E-state index in [2.05, 4.69) is 0 Å². The molecule has 0 unspecified atom stereocenters. The zero-order valence-electron chi connectivity index (χ0n) is 13.2. The maximum Gasteiger partial charge on any atom is 0.406 e. The molecule has 0 spiro atoms. The van der Waals surface area contributed by atoms with Gasteiger partial charge >= 0.3 is 11.3 Å². The highest BCUT2D eigenvalue weighted by Crippen LogP contribution is 2.41. The van der Waals surface area contributed by atoms with Crippen LogP contribution < -0.4 is 12.4 Å². The Morgan fingerprint density at radius 1 is 0.680 bits per heavy atom. The summed E-state index contributed by atoms with van der Waals surface area (Å²) >= 11 is 0. The van der Waals surface area contributed by atoms with Crippen molar-refractivity contribution in [3.05, 3.63) is 78.9 Å². The van der Waals surface area contributed by atoms with Gasteiger partial charge in [0.2, 0.25) is 0 Å². The van der Waals surface area contributed by atoms with Gasteiger partial charge in [-0.25, -0.2) is 4.42 Å². The zero-order valence-corrected chi connectivity index (χ0v) is 13.9. The van der Waals surface area contributed by atoms with Crippen LogP contribution in [0.15, 0.2) is 83.3 Å². The summed E-state index contributed by atoms with van der Waals surface area (Å²) in [5.74, 6) is 0.181. The lowest BCUT2D eigenvalue weighted by molar-refractivity contribution is -0.00000676. The number of phenols is 2. The molecule has 4 aromatic rings. The van der Waals surface area contributed by atoms with Crippen molar-refractivity contribution in [2.75, 3.05) is 0 Å². The third kappa shape index (κ3) is 3.02. The highest BCUT2D eigenvalue weighted by Gasteiger charge is 2.24. The van der Waals surface area contributed by atoms with Crippen LogP contribution in [0.2, 0.25) is 0 Å². The average Bonchev–Trinajstić information content (AvgIpc) is 2.65. The molecule has 2 N–H and O–H groups in total. The SMILES string of the molecule is Oc1ccc2c(-c3ccccc3)cc(-c3ccccc3)[o+]c2c1O.[Cl-]. The van der Waals surface area contributed by atoms with E-state index in [0.29, 0.717) is 5.76 Å². The largest absolute Gasteiger partial charge is 1.00 e. The van der Waals surface area contributed by atoms with Crippen LogP contribution in [0.5, 0.6) is 11.5 Å².